The molecule has 1 fully saturated rings. The van der Waals surface area contributed by atoms with Gasteiger partial charge in [0.2, 0.25) is 0 Å². The summed E-state index contributed by atoms with van der Waals surface area (Å²) in [6, 6.07) is 13.0. The summed E-state index contributed by atoms with van der Waals surface area (Å²) < 4.78 is 7.50. The van der Waals surface area contributed by atoms with Crippen LogP contribution >= 0.6 is 0 Å². The van der Waals surface area contributed by atoms with Crippen molar-refractivity contribution in [2.45, 2.75) is 32.4 Å². The van der Waals surface area contributed by atoms with E-state index in [0.717, 1.165) is 44.4 Å². The molecule has 0 radical (unpaired) electrons. The second kappa shape index (κ2) is 10.9. The lowest BCUT2D eigenvalue weighted by Crippen LogP contribution is -2.41. The number of nitrogens with zero attached hydrogens (tertiary/aromatic N) is 3. The molecule has 0 aliphatic carbocycles. The monoisotopic (exact) mass is 397 g/mol. The second-order valence-corrected chi connectivity index (χ2v) is 7.67. The van der Waals surface area contributed by atoms with Crippen LogP contribution in [-0.2, 0) is 6.54 Å². The van der Waals surface area contributed by atoms with Crippen molar-refractivity contribution in [3.05, 3.63) is 54.4 Å². The molecule has 3 rings (SSSR count). The zero-order chi connectivity index (χ0) is 20.5. The largest absolute Gasteiger partial charge is 0.497 e. The van der Waals surface area contributed by atoms with E-state index in [1.165, 1.54) is 18.4 Å². The number of guanidine groups is 1. The predicted molar refractivity (Wildman–Crippen MR) is 120 cm³/mol. The van der Waals surface area contributed by atoms with E-state index in [0.29, 0.717) is 12.0 Å². The van der Waals surface area contributed by atoms with Gasteiger partial charge in [0.25, 0.3) is 0 Å². The highest BCUT2D eigenvalue weighted by Gasteiger charge is 2.30. The number of methoxy groups -OCH3 is 1. The Balaban J connectivity index is 1.64. The molecule has 1 aliphatic rings. The lowest BCUT2D eigenvalue weighted by Gasteiger charge is -2.39. The van der Waals surface area contributed by atoms with E-state index >= 15 is 0 Å². The fraction of sp³-hybridized carbons (Fsp3) is 0.522. The Kier molecular flexibility index (Phi) is 7.99. The third-order valence-electron chi connectivity index (χ3n) is 5.62. The van der Waals surface area contributed by atoms with Crippen LogP contribution in [0.3, 0.4) is 0 Å². The van der Waals surface area contributed by atoms with Gasteiger partial charge in [0.05, 0.1) is 7.11 Å². The van der Waals surface area contributed by atoms with E-state index in [-0.39, 0.29) is 0 Å². The molecule has 0 spiro atoms. The molecule has 0 amide bonds. The van der Waals surface area contributed by atoms with Crippen LogP contribution in [0.2, 0.25) is 0 Å². The molecule has 2 atom stereocenters. The quantitative estimate of drug-likeness (QED) is 0.531. The van der Waals surface area contributed by atoms with Gasteiger partial charge in [0, 0.05) is 44.6 Å². The number of rotatable bonds is 8. The molecule has 6 nitrogen and oxygen atoms in total. The van der Waals surface area contributed by atoms with E-state index in [4.69, 9.17) is 9.73 Å². The number of piperidine rings is 1. The molecule has 158 valence electrons. The summed E-state index contributed by atoms with van der Waals surface area (Å²) in [5.41, 5.74) is 1.35. The highest BCUT2D eigenvalue weighted by Crippen LogP contribution is 2.35. The van der Waals surface area contributed by atoms with Crippen LogP contribution in [0.4, 0.5) is 0 Å². The molecule has 2 unspecified atom stereocenters. The summed E-state index contributed by atoms with van der Waals surface area (Å²) in [7, 11) is 3.94. The second-order valence-electron chi connectivity index (χ2n) is 7.67. The molecule has 1 aliphatic heterocycles. The van der Waals surface area contributed by atoms with Gasteiger partial charge in [-0.25, -0.2) is 0 Å². The van der Waals surface area contributed by atoms with Gasteiger partial charge in [-0.15, -0.1) is 0 Å². The van der Waals surface area contributed by atoms with Crippen LogP contribution in [0.5, 0.6) is 5.75 Å². The van der Waals surface area contributed by atoms with Crippen molar-refractivity contribution >= 4 is 5.96 Å². The summed E-state index contributed by atoms with van der Waals surface area (Å²) in [5.74, 6) is 2.31. The number of aliphatic imine (C=N–C) groups is 1. The van der Waals surface area contributed by atoms with Gasteiger partial charge in [0.15, 0.2) is 5.96 Å². The highest BCUT2D eigenvalue weighted by molar-refractivity contribution is 5.79. The van der Waals surface area contributed by atoms with Gasteiger partial charge in [0.1, 0.15) is 5.75 Å². The van der Waals surface area contributed by atoms with Crippen molar-refractivity contribution in [1.82, 2.24) is 20.1 Å². The number of nitrogens with one attached hydrogen (secondary N) is 2. The molecule has 1 saturated heterocycles. The smallest absolute Gasteiger partial charge is 0.191 e. The van der Waals surface area contributed by atoms with Gasteiger partial charge < -0.3 is 19.9 Å². The first-order valence-corrected chi connectivity index (χ1v) is 10.7. The molecule has 0 bridgehead atoms. The van der Waals surface area contributed by atoms with E-state index in [1.807, 2.05) is 0 Å². The number of ether oxygens (including phenoxy) is 1. The molecule has 2 N–H and O–H groups in total. The van der Waals surface area contributed by atoms with E-state index < -0.39 is 0 Å². The number of hydrogen-bond acceptors (Lipinski definition) is 3. The lowest BCUT2D eigenvalue weighted by molar-refractivity contribution is 0.125. The molecule has 1 aromatic carbocycles. The number of hydrogen-bond donors (Lipinski definition) is 2. The zero-order valence-corrected chi connectivity index (χ0v) is 18.0. The van der Waals surface area contributed by atoms with Gasteiger partial charge in [-0.1, -0.05) is 12.1 Å². The molecule has 2 heterocycles. The first-order chi connectivity index (χ1) is 14.2. The van der Waals surface area contributed by atoms with E-state index in [2.05, 4.69) is 82.9 Å². The summed E-state index contributed by atoms with van der Waals surface area (Å²) in [6.45, 7) is 6.70. The Morgan fingerprint density at radius 2 is 1.93 bits per heavy atom. The Bertz CT molecular complexity index is 741. The molecule has 6 heteroatoms. The fourth-order valence-corrected chi connectivity index (χ4v) is 4.15. The number of likely N-dealkylation sites (tertiary alicyclic amines) is 1. The Morgan fingerprint density at radius 1 is 1.17 bits per heavy atom. The third kappa shape index (κ3) is 6.00. The predicted octanol–water partition coefficient (Wildman–Crippen LogP) is 3.13. The molecule has 0 saturated carbocycles. The summed E-state index contributed by atoms with van der Waals surface area (Å²) in [6.07, 6.45) is 6.60. The molecule has 29 heavy (non-hydrogen) atoms. The zero-order valence-electron chi connectivity index (χ0n) is 18.0. The first kappa shape index (κ1) is 21.2. The minimum atomic E-state index is 0.390. The number of aromatic nitrogens is 1. The van der Waals surface area contributed by atoms with Gasteiger partial charge in [-0.3, -0.25) is 9.89 Å². The maximum absolute atomic E-state index is 5.33. The maximum atomic E-state index is 5.33. The van der Waals surface area contributed by atoms with Crippen LogP contribution < -0.4 is 15.4 Å². The van der Waals surface area contributed by atoms with Crippen LogP contribution in [-0.4, -0.2) is 55.8 Å². The first-order valence-electron chi connectivity index (χ1n) is 10.7. The van der Waals surface area contributed by atoms with Crippen molar-refractivity contribution in [2.24, 2.45) is 10.9 Å². The Labute approximate surface area is 175 Å². The van der Waals surface area contributed by atoms with Crippen LogP contribution in [0.25, 0.3) is 0 Å². The average Bonchev–Trinajstić information content (AvgIpc) is 3.26. The SMILES string of the molecule is CCNC(=NCC1CCCN(C)C1c1ccc(OC)cc1)NCCn1cccc1. The maximum Gasteiger partial charge on any atom is 0.191 e. The molecular weight excluding hydrogens is 362 g/mol. The third-order valence-corrected chi connectivity index (χ3v) is 5.62. The summed E-state index contributed by atoms with van der Waals surface area (Å²) >= 11 is 0. The van der Waals surface area contributed by atoms with Crippen molar-refractivity contribution in [3.8, 4) is 5.75 Å². The average molecular weight is 398 g/mol. The van der Waals surface area contributed by atoms with Crippen molar-refractivity contribution in [3.63, 3.8) is 0 Å². The van der Waals surface area contributed by atoms with Crippen molar-refractivity contribution < 1.29 is 4.74 Å². The Morgan fingerprint density at radius 3 is 2.62 bits per heavy atom. The Hall–Kier alpha value is -2.47. The standard InChI is InChI=1S/C23H35N5O/c1-4-24-23(25-13-17-28-15-5-6-16-28)26-18-20-8-7-14-27(2)22(20)19-9-11-21(29-3)12-10-19/h5-6,9-12,15-16,20,22H,4,7-8,13-14,17-18H2,1-3H3,(H2,24,25,26). The van der Waals surface area contributed by atoms with Gasteiger partial charge in [-0.2, -0.15) is 0 Å². The minimum Gasteiger partial charge on any atom is -0.497 e. The normalized spacial score (nSPS) is 20.4. The summed E-state index contributed by atoms with van der Waals surface area (Å²) in [5, 5.41) is 6.85. The number of benzene rings is 1. The van der Waals surface area contributed by atoms with Crippen LogP contribution in [0, 0.1) is 5.92 Å². The molecule has 1 aromatic heterocycles. The summed E-state index contributed by atoms with van der Waals surface area (Å²) in [4.78, 5) is 7.40. The molecule has 2 aromatic rings. The van der Waals surface area contributed by atoms with Gasteiger partial charge >= 0.3 is 0 Å². The minimum absolute atomic E-state index is 0.390. The van der Waals surface area contributed by atoms with Crippen molar-refractivity contribution in [2.75, 3.05) is 40.3 Å². The van der Waals surface area contributed by atoms with Crippen LogP contribution in [0.1, 0.15) is 31.4 Å². The molecular formula is C23H35N5O. The van der Waals surface area contributed by atoms with E-state index in [1.54, 1.807) is 7.11 Å². The lowest BCUT2D eigenvalue weighted by atomic mass is 9.85. The highest BCUT2D eigenvalue weighted by atomic mass is 16.5. The van der Waals surface area contributed by atoms with Gasteiger partial charge in [-0.05, 0) is 69.1 Å². The van der Waals surface area contributed by atoms with Crippen LogP contribution in [0.15, 0.2) is 53.8 Å². The topological polar surface area (TPSA) is 53.8 Å². The van der Waals surface area contributed by atoms with E-state index in [9.17, 15) is 0 Å². The fourth-order valence-electron chi connectivity index (χ4n) is 4.15. The van der Waals surface area contributed by atoms with Crippen molar-refractivity contribution in [1.29, 1.82) is 0 Å².